The first-order valence-electron chi connectivity index (χ1n) is 7.28. The summed E-state index contributed by atoms with van der Waals surface area (Å²) in [6, 6.07) is 13.0. The molecule has 0 aromatic heterocycles. The number of hydrogen-bond donors (Lipinski definition) is 1. The minimum absolute atomic E-state index is 0.0329. The van der Waals surface area contributed by atoms with Crippen LogP contribution < -0.4 is 10.1 Å². The molecule has 1 unspecified atom stereocenters. The number of ether oxygens (including phenoxy) is 1. The van der Waals surface area contributed by atoms with E-state index in [0.717, 1.165) is 35.4 Å². The van der Waals surface area contributed by atoms with Crippen LogP contribution in [0, 0.1) is 12.7 Å². The van der Waals surface area contributed by atoms with Gasteiger partial charge in [0.1, 0.15) is 11.6 Å². The van der Waals surface area contributed by atoms with Crippen LogP contribution in [0.4, 0.5) is 4.39 Å². The first kappa shape index (κ1) is 15.5. The Kier molecular flexibility index (Phi) is 5.34. The van der Waals surface area contributed by atoms with Gasteiger partial charge in [-0.3, -0.25) is 0 Å². The quantitative estimate of drug-likeness (QED) is 0.858. The second-order valence-electron chi connectivity index (χ2n) is 5.23. The predicted molar refractivity (Wildman–Crippen MR) is 84.3 cm³/mol. The van der Waals surface area contributed by atoms with Crippen LogP contribution in [0.1, 0.15) is 36.1 Å². The molecule has 0 aliphatic carbocycles. The Hall–Kier alpha value is -1.87. The number of benzene rings is 2. The molecule has 0 saturated carbocycles. The van der Waals surface area contributed by atoms with Gasteiger partial charge in [0.25, 0.3) is 0 Å². The van der Waals surface area contributed by atoms with Crippen molar-refractivity contribution >= 4 is 0 Å². The summed E-state index contributed by atoms with van der Waals surface area (Å²) in [5.74, 6) is 0.611. The lowest BCUT2D eigenvalue weighted by Gasteiger charge is -2.21. The van der Waals surface area contributed by atoms with E-state index in [1.54, 1.807) is 19.2 Å². The van der Waals surface area contributed by atoms with Crippen molar-refractivity contribution < 1.29 is 9.13 Å². The monoisotopic (exact) mass is 287 g/mol. The summed E-state index contributed by atoms with van der Waals surface area (Å²) >= 11 is 0. The predicted octanol–water partition coefficient (Wildman–Crippen LogP) is 4.23. The lowest BCUT2D eigenvalue weighted by atomic mass is 9.96. The molecule has 2 aromatic carbocycles. The molecule has 0 aliphatic rings. The minimum Gasteiger partial charge on any atom is -0.497 e. The van der Waals surface area contributed by atoms with Gasteiger partial charge in [0.2, 0.25) is 0 Å². The van der Waals surface area contributed by atoms with Crippen LogP contribution in [0.25, 0.3) is 0 Å². The molecule has 0 aliphatic heterocycles. The second kappa shape index (κ2) is 7.23. The summed E-state index contributed by atoms with van der Waals surface area (Å²) < 4.78 is 19.0. The fourth-order valence-corrected chi connectivity index (χ4v) is 2.47. The topological polar surface area (TPSA) is 21.3 Å². The van der Waals surface area contributed by atoms with Gasteiger partial charge in [-0.25, -0.2) is 4.39 Å². The van der Waals surface area contributed by atoms with E-state index in [2.05, 4.69) is 12.2 Å². The minimum atomic E-state index is -0.198. The summed E-state index contributed by atoms with van der Waals surface area (Å²) in [5.41, 5.74) is 2.94. The lowest BCUT2D eigenvalue weighted by molar-refractivity contribution is 0.413. The van der Waals surface area contributed by atoms with Crippen molar-refractivity contribution in [2.45, 2.75) is 26.3 Å². The number of methoxy groups -OCH3 is 1. The number of rotatable bonds is 6. The van der Waals surface area contributed by atoms with Crippen LogP contribution >= 0.6 is 0 Å². The molecule has 0 radical (unpaired) electrons. The normalized spacial score (nSPS) is 12.2. The summed E-state index contributed by atoms with van der Waals surface area (Å²) in [4.78, 5) is 0. The third kappa shape index (κ3) is 4.05. The van der Waals surface area contributed by atoms with Crippen molar-refractivity contribution in [2.24, 2.45) is 0 Å². The molecule has 0 saturated heterocycles. The molecule has 2 rings (SSSR count). The molecule has 2 aromatic rings. The molecule has 0 fully saturated rings. The highest BCUT2D eigenvalue weighted by Gasteiger charge is 2.15. The van der Waals surface area contributed by atoms with E-state index in [1.165, 1.54) is 0 Å². The molecule has 3 heteroatoms. The number of nitrogens with one attached hydrogen (secondary N) is 1. The van der Waals surface area contributed by atoms with Crippen LogP contribution in [0.5, 0.6) is 5.75 Å². The van der Waals surface area contributed by atoms with Crippen LogP contribution in [-0.4, -0.2) is 13.7 Å². The molecular weight excluding hydrogens is 265 g/mol. The van der Waals surface area contributed by atoms with Gasteiger partial charge in [0.05, 0.1) is 13.2 Å². The van der Waals surface area contributed by atoms with E-state index in [4.69, 9.17) is 4.74 Å². The third-order valence-electron chi connectivity index (χ3n) is 3.42. The Balaban J connectivity index is 2.41. The van der Waals surface area contributed by atoms with Gasteiger partial charge in [-0.2, -0.15) is 0 Å². The van der Waals surface area contributed by atoms with Crippen molar-refractivity contribution in [2.75, 3.05) is 13.7 Å². The van der Waals surface area contributed by atoms with Gasteiger partial charge < -0.3 is 10.1 Å². The zero-order chi connectivity index (χ0) is 15.2. The van der Waals surface area contributed by atoms with Gasteiger partial charge in [-0.15, -0.1) is 0 Å². The zero-order valence-electron chi connectivity index (χ0n) is 12.8. The fraction of sp³-hybridized carbons (Fsp3) is 0.333. The fourth-order valence-electron chi connectivity index (χ4n) is 2.47. The molecule has 2 nitrogen and oxygen atoms in total. The van der Waals surface area contributed by atoms with E-state index in [1.807, 2.05) is 37.3 Å². The van der Waals surface area contributed by atoms with E-state index in [0.29, 0.717) is 0 Å². The molecule has 21 heavy (non-hydrogen) atoms. The maximum atomic E-state index is 13.7. The van der Waals surface area contributed by atoms with Crippen molar-refractivity contribution in [3.8, 4) is 5.75 Å². The van der Waals surface area contributed by atoms with E-state index >= 15 is 0 Å². The first-order valence-corrected chi connectivity index (χ1v) is 7.28. The molecule has 0 amide bonds. The largest absolute Gasteiger partial charge is 0.497 e. The Labute approximate surface area is 126 Å². The lowest BCUT2D eigenvalue weighted by Crippen LogP contribution is -2.23. The highest BCUT2D eigenvalue weighted by Crippen LogP contribution is 2.26. The van der Waals surface area contributed by atoms with Crippen molar-refractivity contribution in [1.82, 2.24) is 5.32 Å². The summed E-state index contributed by atoms with van der Waals surface area (Å²) in [6.07, 6.45) is 1.02. The molecule has 1 atom stereocenters. The number of hydrogen-bond acceptors (Lipinski definition) is 2. The van der Waals surface area contributed by atoms with Crippen molar-refractivity contribution in [3.63, 3.8) is 0 Å². The van der Waals surface area contributed by atoms with Gasteiger partial charge in [0, 0.05) is 0 Å². The second-order valence-corrected chi connectivity index (χ2v) is 5.23. The van der Waals surface area contributed by atoms with Crippen LogP contribution in [0.2, 0.25) is 0 Å². The zero-order valence-corrected chi connectivity index (χ0v) is 12.8. The molecule has 112 valence electrons. The standard InChI is InChI=1S/C18H22FNO/c1-4-8-20-18(14-6-5-7-17(12-14)21-3)15-9-13(2)10-16(19)11-15/h5-7,9-12,18,20H,4,8H2,1-3H3. The molecular formula is C18H22FNO. The average molecular weight is 287 g/mol. The summed E-state index contributed by atoms with van der Waals surface area (Å²) in [5, 5.41) is 3.49. The number of aryl methyl sites for hydroxylation is 1. The van der Waals surface area contributed by atoms with Crippen LogP contribution in [0.3, 0.4) is 0 Å². The average Bonchev–Trinajstić information content (AvgIpc) is 2.47. The van der Waals surface area contributed by atoms with Crippen LogP contribution in [-0.2, 0) is 0 Å². The Morgan fingerprint density at radius 1 is 1.14 bits per heavy atom. The molecule has 0 bridgehead atoms. The molecule has 1 N–H and O–H groups in total. The highest BCUT2D eigenvalue weighted by molar-refractivity contribution is 5.38. The Morgan fingerprint density at radius 2 is 1.95 bits per heavy atom. The third-order valence-corrected chi connectivity index (χ3v) is 3.42. The summed E-state index contributed by atoms with van der Waals surface area (Å²) in [7, 11) is 1.65. The van der Waals surface area contributed by atoms with E-state index in [9.17, 15) is 4.39 Å². The molecule has 0 heterocycles. The first-order chi connectivity index (χ1) is 10.1. The maximum absolute atomic E-state index is 13.7. The summed E-state index contributed by atoms with van der Waals surface area (Å²) in [6.45, 7) is 4.90. The SMILES string of the molecule is CCCNC(c1cc(C)cc(F)c1)c1cccc(OC)c1. The molecule has 0 spiro atoms. The Morgan fingerprint density at radius 3 is 2.62 bits per heavy atom. The van der Waals surface area contributed by atoms with Crippen molar-refractivity contribution in [1.29, 1.82) is 0 Å². The van der Waals surface area contributed by atoms with Gasteiger partial charge in [0.15, 0.2) is 0 Å². The van der Waals surface area contributed by atoms with Gasteiger partial charge in [-0.05, 0) is 60.8 Å². The smallest absolute Gasteiger partial charge is 0.123 e. The van der Waals surface area contributed by atoms with Gasteiger partial charge >= 0.3 is 0 Å². The maximum Gasteiger partial charge on any atom is 0.123 e. The number of halogens is 1. The van der Waals surface area contributed by atoms with Crippen LogP contribution in [0.15, 0.2) is 42.5 Å². The van der Waals surface area contributed by atoms with Gasteiger partial charge in [-0.1, -0.05) is 25.1 Å². The van der Waals surface area contributed by atoms with Crippen molar-refractivity contribution in [3.05, 3.63) is 65.0 Å². The highest BCUT2D eigenvalue weighted by atomic mass is 19.1. The van der Waals surface area contributed by atoms with E-state index < -0.39 is 0 Å². The van der Waals surface area contributed by atoms with E-state index in [-0.39, 0.29) is 11.9 Å². The Bertz CT molecular complexity index is 577.